The molecular weight excluding hydrogens is 152 g/mol. The number of aliphatic hydroxyl groups is 1. The van der Waals surface area contributed by atoms with Gasteiger partial charge in [0.25, 0.3) is 0 Å². The molecule has 60 valence electrons. The minimum atomic E-state index is -0.331. The minimum absolute atomic E-state index is 0.0616. The molecule has 2 unspecified atom stereocenters. The Morgan fingerprint density at radius 3 is 2.70 bits per heavy atom. The van der Waals surface area contributed by atoms with E-state index in [4.69, 9.17) is 21.4 Å². The number of ether oxygens (including phenoxy) is 1. The summed E-state index contributed by atoms with van der Waals surface area (Å²) < 4.78 is 4.98. The molecule has 0 aromatic heterocycles. The summed E-state index contributed by atoms with van der Waals surface area (Å²) >= 11 is 5.69. The van der Waals surface area contributed by atoms with Crippen LogP contribution in [0.3, 0.4) is 0 Å². The van der Waals surface area contributed by atoms with Crippen LogP contribution in [0.5, 0.6) is 0 Å². The van der Waals surface area contributed by atoms with Gasteiger partial charge in [0.15, 0.2) is 0 Å². The molecule has 3 heteroatoms. The molecule has 10 heavy (non-hydrogen) atoms. The fourth-order valence-electron chi connectivity index (χ4n) is 0.673. The van der Waals surface area contributed by atoms with Crippen LogP contribution in [0.25, 0.3) is 0 Å². The second-order valence-electron chi connectivity index (χ2n) is 2.00. The first-order valence-electron chi connectivity index (χ1n) is 3.14. The highest BCUT2D eigenvalue weighted by molar-refractivity contribution is 6.21. The lowest BCUT2D eigenvalue weighted by atomic mass is 10.2. The maximum Gasteiger partial charge on any atom is 0.0831 e. The van der Waals surface area contributed by atoms with Crippen molar-refractivity contribution in [2.45, 2.75) is 17.9 Å². The van der Waals surface area contributed by atoms with Gasteiger partial charge < -0.3 is 9.84 Å². The average molecular weight is 165 g/mol. The van der Waals surface area contributed by atoms with Gasteiger partial charge >= 0.3 is 0 Å². The molecular formula is C7H13ClO2. The molecule has 0 radical (unpaired) electrons. The monoisotopic (exact) mass is 164 g/mol. The highest BCUT2D eigenvalue weighted by Gasteiger charge is 2.15. The van der Waals surface area contributed by atoms with Crippen molar-refractivity contribution in [1.29, 1.82) is 0 Å². The molecule has 0 spiro atoms. The molecule has 2 nitrogen and oxygen atoms in total. The summed E-state index contributed by atoms with van der Waals surface area (Å²) in [7, 11) is 1.57. The second-order valence-corrected chi connectivity index (χ2v) is 2.56. The molecule has 0 aliphatic carbocycles. The largest absolute Gasteiger partial charge is 0.395 e. The molecule has 0 saturated heterocycles. The minimum Gasteiger partial charge on any atom is -0.395 e. The molecule has 2 atom stereocenters. The molecule has 0 aliphatic rings. The molecule has 0 aliphatic heterocycles. The second kappa shape index (κ2) is 5.71. The topological polar surface area (TPSA) is 29.5 Å². The van der Waals surface area contributed by atoms with Gasteiger partial charge in [0.05, 0.1) is 18.1 Å². The normalized spacial score (nSPS) is 16.3. The third kappa shape index (κ3) is 3.20. The van der Waals surface area contributed by atoms with Crippen LogP contribution in [0.4, 0.5) is 0 Å². The van der Waals surface area contributed by atoms with Gasteiger partial charge in [-0.15, -0.1) is 18.2 Å². The van der Waals surface area contributed by atoms with E-state index in [1.807, 2.05) is 0 Å². The predicted octanol–water partition coefficient (Wildman–Crippen LogP) is 1.18. The molecule has 0 fully saturated rings. The van der Waals surface area contributed by atoms with Crippen molar-refractivity contribution in [2.75, 3.05) is 13.7 Å². The molecule has 0 bridgehead atoms. The Morgan fingerprint density at radius 1 is 1.80 bits per heavy atom. The summed E-state index contributed by atoms with van der Waals surface area (Å²) in [5.41, 5.74) is 0. The molecule has 0 aromatic rings. The first kappa shape index (κ1) is 9.95. The number of hydrogen-bond donors (Lipinski definition) is 1. The lowest BCUT2D eigenvalue weighted by Crippen LogP contribution is -2.25. The summed E-state index contributed by atoms with van der Waals surface area (Å²) in [5, 5.41) is 8.29. The zero-order valence-corrected chi connectivity index (χ0v) is 6.84. The van der Waals surface area contributed by atoms with E-state index in [1.54, 1.807) is 13.2 Å². The van der Waals surface area contributed by atoms with Gasteiger partial charge in [0.2, 0.25) is 0 Å². The lowest BCUT2D eigenvalue weighted by Gasteiger charge is -2.16. The van der Waals surface area contributed by atoms with Gasteiger partial charge in [0, 0.05) is 7.11 Å². The molecule has 0 heterocycles. The van der Waals surface area contributed by atoms with E-state index in [1.165, 1.54) is 0 Å². The van der Waals surface area contributed by atoms with Gasteiger partial charge in [-0.05, 0) is 6.42 Å². The van der Waals surface area contributed by atoms with E-state index in [9.17, 15) is 0 Å². The average Bonchev–Trinajstić information content (AvgIpc) is 1.99. The van der Waals surface area contributed by atoms with Crippen molar-refractivity contribution in [3.05, 3.63) is 12.7 Å². The highest BCUT2D eigenvalue weighted by Crippen LogP contribution is 2.09. The Labute approximate surface area is 66.5 Å². The van der Waals surface area contributed by atoms with E-state index in [-0.39, 0.29) is 18.1 Å². The van der Waals surface area contributed by atoms with Crippen LogP contribution in [-0.4, -0.2) is 30.3 Å². The third-order valence-corrected chi connectivity index (χ3v) is 1.70. The number of halogens is 1. The van der Waals surface area contributed by atoms with Crippen molar-refractivity contribution < 1.29 is 9.84 Å². The molecule has 0 aromatic carbocycles. The fraction of sp³-hybridized carbons (Fsp3) is 0.714. The maximum absolute atomic E-state index is 8.62. The Kier molecular flexibility index (Phi) is 5.69. The van der Waals surface area contributed by atoms with Crippen LogP contribution in [-0.2, 0) is 4.74 Å². The van der Waals surface area contributed by atoms with Crippen LogP contribution < -0.4 is 0 Å². The number of methoxy groups -OCH3 is 1. The zero-order chi connectivity index (χ0) is 7.98. The molecule has 0 rings (SSSR count). The number of alkyl halides is 1. The Balaban J connectivity index is 3.67. The van der Waals surface area contributed by atoms with Crippen molar-refractivity contribution in [3.8, 4) is 0 Å². The predicted molar refractivity (Wildman–Crippen MR) is 42.3 cm³/mol. The Hall–Kier alpha value is -0.0500. The SMILES string of the molecule is C=CCC(OC)C(Cl)CO. The van der Waals surface area contributed by atoms with Crippen LogP contribution in [0.2, 0.25) is 0 Å². The quantitative estimate of drug-likeness (QED) is 0.489. The number of aliphatic hydroxyl groups excluding tert-OH is 1. The van der Waals surface area contributed by atoms with E-state index in [2.05, 4.69) is 6.58 Å². The molecule has 0 saturated carbocycles. The van der Waals surface area contributed by atoms with Crippen molar-refractivity contribution in [1.82, 2.24) is 0 Å². The van der Waals surface area contributed by atoms with E-state index >= 15 is 0 Å². The van der Waals surface area contributed by atoms with Crippen LogP contribution >= 0.6 is 11.6 Å². The number of hydrogen-bond acceptors (Lipinski definition) is 2. The summed E-state index contributed by atoms with van der Waals surface area (Å²) in [5.74, 6) is 0. The number of rotatable bonds is 5. The first-order valence-corrected chi connectivity index (χ1v) is 3.58. The Bertz CT molecular complexity index is 95.6. The maximum atomic E-state index is 8.62. The van der Waals surface area contributed by atoms with Gasteiger partial charge in [0.1, 0.15) is 0 Å². The fourth-order valence-corrected chi connectivity index (χ4v) is 0.879. The van der Waals surface area contributed by atoms with E-state index < -0.39 is 0 Å². The summed E-state index contributed by atoms with van der Waals surface area (Å²) in [6, 6.07) is 0. The molecule has 1 N–H and O–H groups in total. The summed E-state index contributed by atoms with van der Waals surface area (Å²) in [6.07, 6.45) is 2.27. The summed E-state index contributed by atoms with van der Waals surface area (Å²) in [6.45, 7) is 3.48. The van der Waals surface area contributed by atoms with Gasteiger partial charge in [-0.1, -0.05) is 6.08 Å². The standard InChI is InChI=1S/C7H13ClO2/c1-3-4-7(10-2)6(8)5-9/h3,6-7,9H,1,4-5H2,2H3. The van der Waals surface area contributed by atoms with Crippen LogP contribution in [0.15, 0.2) is 12.7 Å². The van der Waals surface area contributed by atoms with E-state index in [0.717, 1.165) is 0 Å². The summed E-state index contributed by atoms with van der Waals surface area (Å²) in [4.78, 5) is 0. The third-order valence-electron chi connectivity index (χ3n) is 1.28. The van der Waals surface area contributed by atoms with Crippen LogP contribution in [0.1, 0.15) is 6.42 Å². The van der Waals surface area contributed by atoms with Crippen molar-refractivity contribution in [3.63, 3.8) is 0 Å². The van der Waals surface area contributed by atoms with Gasteiger partial charge in [-0.2, -0.15) is 0 Å². The Morgan fingerprint density at radius 2 is 2.40 bits per heavy atom. The van der Waals surface area contributed by atoms with Gasteiger partial charge in [-0.3, -0.25) is 0 Å². The van der Waals surface area contributed by atoms with Crippen LogP contribution in [0, 0.1) is 0 Å². The smallest absolute Gasteiger partial charge is 0.0831 e. The van der Waals surface area contributed by atoms with Crippen molar-refractivity contribution in [2.24, 2.45) is 0 Å². The first-order chi connectivity index (χ1) is 4.76. The molecule has 0 amide bonds. The van der Waals surface area contributed by atoms with Crippen molar-refractivity contribution >= 4 is 11.6 Å². The van der Waals surface area contributed by atoms with E-state index in [0.29, 0.717) is 6.42 Å². The van der Waals surface area contributed by atoms with Gasteiger partial charge in [-0.25, -0.2) is 0 Å². The highest BCUT2D eigenvalue weighted by atomic mass is 35.5. The zero-order valence-electron chi connectivity index (χ0n) is 6.09. The lowest BCUT2D eigenvalue weighted by molar-refractivity contribution is 0.0837.